The number of aryl methyl sites for hydroxylation is 1. The summed E-state index contributed by atoms with van der Waals surface area (Å²) >= 11 is 0. The number of carbonyl (C=O) groups is 2. The Kier molecular flexibility index (Phi) is 5.74. The molecule has 0 aliphatic carbocycles. The zero-order valence-corrected chi connectivity index (χ0v) is 12.9. The van der Waals surface area contributed by atoms with Crippen molar-refractivity contribution in [1.82, 2.24) is 0 Å². The molecule has 0 spiro atoms. The number of benzene rings is 2. The largest absolute Gasteiger partial charge is 0.494 e. The lowest BCUT2D eigenvalue weighted by Gasteiger charge is -2.07. The van der Waals surface area contributed by atoms with Gasteiger partial charge in [-0.3, -0.25) is 9.59 Å². The molecule has 0 atom stereocenters. The van der Waals surface area contributed by atoms with Crippen LogP contribution in [0, 0.1) is 0 Å². The molecule has 2 N–H and O–H groups in total. The highest BCUT2D eigenvalue weighted by molar-refractivity contribution is 6.04. The van der Waals surface area contributed by atoms with Gasteiger partial charge in [0.2, 0.25) is 0 Å². The lowest BCUT2D eigenvalue weighted by molar-refractivity contribution is -0.136. The first-order valence-corrected chi connectivity index (χ1v) is 7.43. The number of hydrogen-bond donors (Lipinski definition) is 2. The number of anilines is 1. The van der Waals surface area contributed by atoms with Crippen LogP contribution in [-0.2, 0) is 11.2 Å². The molecule has 0 aliphatic heterocycles. The van der Waals surface area contributed by atoms with E-state index in [4.69, 9.17) is 9.84 Å². The molecule has 2 aromatic carbocycles. The van der Waals surface area contributed by atoms with Gasteiger partial charge in [-0.2, -0.15) is 0 Å². The molecule has 0 aliphatic rings. The van der Waals surface area contributed by atoms with E-state index < -0.39 is 5.97 Å². The van der Waals surface area contributed by atoms with Gasteiger partial charge >= 0.3 is 5.97 Å². The highest BCUT2D eigenvalue weighted by Gasteiger charge is 2.06. The van der Waals surface area contributed by atoms with Gasteiger partial charge in [-0.15, -0.1) is 0 Å². The predicted octanol–water partition coefficient (Wildman–Crippen LogP) is 3.35. The van der Waals surface area contributed by atoms with Crippen molar-refractivity contribution in [2.75, 3.05) is 11.9 Å². The third-order valence-corrected chi connectivity index (χ3v) is 3.27. The van der Waals surface area contributed by atoms with E-state index in [-0.39, 0.29) is 12.3 Å². The fourth-order valence-electron chi connectivity index (χ4n) is 2.08. The summed E-state index contributed by atoms with van der Waals surface area (Å²) in [5.74, 6) is -0.295. The fraction of sp³-hybridized carbons (Fsp3) is 0.222. The van der Waals surface area contributed by atoms with Crippen LogP contribution in [-0.4, -0.2) is 23.6 Å². The Morgan fingerprint density at radius 1 is 1.04 bits per heavy atom. The van der Waals surface area contributed by atoms with Gasteiger partial charge in [-0.1, -0.05) is 12.1 Å². The van der Waals surface area contributed by atoms with Gasteiger partial charge in [0, 0.05) is 17.7 Å². The van der Waals surface area contributed by atoms with E-state index in [9.17, 15) is 9.59 Å². The molecule has 0 radical (unpaired) electrons. The maximum absolute atomic E-state index is 12.2. The van der Waals surface area contributed by atoms with Gasteiger partial charge in [-0.05, 0) is 55.3 Å². The van der Waals surface area contributed by atoms with E-state index in [0.29, 0.717) is 24.3 Å². The van der Waals surface area contributed by atoms with E-state index in [2.05, 4.69) is 5.32 Å². The van der Waals surface area contributed by atoms with Crippen molar-refractivity contribution < 1.29 is 19.4 Å². The SMILES string of the molecule is CCOc1ccc(C(=O)Nc2ccc(CCC(=O)O)cc2)cc1. The number of nitrogens with one attached hydrogen (secondary N) is 1. The van der Waals surface area contributed by atoms with Crippen LogP contribution < -0.4 is 10.1 Å². The van der Waals surface area contributed by atoms with Crippen molar-refractivity contribution in [1.29, 1.82) is 0 Å². The molecule has 0 saturated carbocycles. The van der Waals surface area contributed by atoms with Crippen LogP contribution in [0.2, 0.25) is 0 Å². The Morgan fingerprint density at radius 3 is 2.26 bits per heavy atom. The summed E-state index contributed by atoms with van der Waals surface area (Å²) in [5.41, 5.74) is 2.14. The zero-order valence-electron chi connectivity index (χ0n) is 12.9. The van der Waals surface area contributed by atoms with Crippen LogP contribution in [0.4, 0.5) is 5.69 Å². The Labute approximate surface area is 134 Å². The van der Waals surface area contributed by atoms with Gasteiger partial charge in [-0.25, -0.2) is 0 Å². The van der Waals surface area contributed by atoms with Crippen LogP contribution in [0.25, 0.3) is 0 Å². The lowest BCUT2D eigenvalue weighted by atomic mass is 10.1. The molecule has 0 fully saturated rings. The molecule has 0 heterocycles. The molecule has 1 amide bonds. The highest BCUT2D eigenvalue weighted by atomic mass is 16.5. The summed E-state index contributed by atoms with van der Waals surface area (Å²) in [7, 11) is 0. The van der Waals surface area contributed by atoms with E-state index in [1.54, 1.807) is 36.4 Å². The fourth-order valence-corrected chi connectivity index (χ4v) is 2.08. The summed E-state index contributed by atoms with van der Waals surface area (Å²) in [6.07, 6.45) is 0.570. The number of rotatable bonds is 7. The number of ether oxygens (including phenoxy) is 1. The van der Waals surface area contributed by atoms with E-state index in [1.165, 1.54) is 0 Å². The molecule has 5 heteroatoms. The maximum Gasteiger partial charge on any atom is 0.303 e. The maximum atomic E-state index is 12.2. The Morgan fingerprint density at radius 2 is 1.70 bits per heavy atom. The van der Waals surface area contributed by atoms with Gasteiger partial charge < -0.3 is 15.2 Å². The molecule has 2 aromatic rings. The first kappa shape index (κ1) is 16.5. The van der Waals surface area contributed by atoms with E-state index in [0.717, 1.165) is 11.3 Å². The second kappa shape index (κ2) is 7.98. The number of hydrogen-bond acceptors (Lipinski definition) is 3. The lowest BCUT2D eigenvalue weighted by Crippen LogP contribution is -2.11. The van der Waals surface area contributed by atoms with Crippen LogP contribution >= 0.6 is 0 Å². The minimum atomic E-state index is -0.821. The van der Waals surface area contributed by atoms with Crippen molar-refractivity contribution in [3.63, 3.8) is 0 Å². The molecule has 0 unspecified atom stereocenters. The number of carboxylic acids is 1. The summed E-state index contributed by atoms with van der Waals surface area (Å²) in [6, 6.07) is 14.1. The highest BCUT2D eigenvalue weighted by Crippen LogP contribution is 2.15. The molecule has 120 valence electrons. The molecule has 2 rings (SSSR count). The molecule has 5 nitrogen and oxygen atoms in total. The quantitative estimate of drug-likeness (QED) is 0.822. The monoisotopic (exact) mass is 313 g/mol. The predicted molar refractivity (Wildman–Crippen MR) is 88.0 cm³/mol. The van der Waals surface area contributed by atoms with Crippen molar-refractivity contribution in [2.24, 2.45) is 0 Å². The van der Waals surface area contributed by atoms with E-state index >= 15 is 0 Å². The normalized spacial score (nSPS) is 10.1. The molecule has 0 saturated heterocycles. The number of amides is 1. The van der Waals surface area contributed by atoms with Crippen LogP contribution in [0.5, 0.6) is 5.75 Å². The van der Waals surface area contributed by atoms with Crippen LogP contribution in [0.15, 0.2) is 48.5 Å². The second-order valence-electron chi connectivity index (χ2n) is 5.00. The van der Waals surface area contributed by atoms with Crippen molar-refractivity contribution in [3.8, 4) is 5.75 Å². The van der Waals surface area contributed by atoms with Crippen LogP contribution in [0.3, 0.4) is 0 Å². The Hall–Kier alpha value is -2.82. The van der Waals surface area contributed by atoms with E-state index in [1.807, 2.05) is 19.1 Å². The average molecular weight is 313 g/mol. The summed E-state index contributed by atoms with van der Waals surface area (Å²) in [4.78, 5) is 22.7. The average Bonchev–Trinajstić information content (AvgIpc) is 2.55. The van der Waals surface area contributed by atoms with Gasteiger partial charge in [0.1, 0.15) is 5.75 Å². The van der Waals surface area contributed by atoms with Gasteiger partial charge in [0.05, 0.1) is 6.61 Å². The van der Waals surface area contributed by atoms with Gasteiger partial charge in [0.25, 0.3) is 5.91 Å². The number of carboxylic acid groups (broad SMARTS) is 1. The van der Waals surface area contributed by atoms with Crippen LogP contribution in [0.1, 0.15) is 29.3 Å². The zero-order chi connectivity index (χ0) is 16.7. The first-order valence-electron chi connectivity index (χ1n) is 7.43. The third-order valence-electron chi connectivity index (χ3n) is 3.27. The molecular formula is C18H19NO4. The first-order chi connectivity index (χ1) is 11.1. The molecular weight excluding hydrogens is 294 g/mol. The number of aliphatic carboxylic acids is 1. The second-order valence-corrected chi connectivity index (χ2v) is 5.00. The Bertz CT molecular complexity index is 662. The summed E-state index contributed by atoms with van der Waals surface area (Å²) < 4.78 is 5.34. The van der Waals surface area contributed by atoms with Crippen molar-refractivity contribution >= 4 is 17.6 Å². The minimum Gasteiger partial charge on any atom is -0.494 e. The van der Waals surface area contributed by atoms with Gasteiger partial charge in [0.15, 0.2) is 0 Å². The minimum absolute atomic E-state index is 0.0951. The third kappa shape index (κ3) is 5.14. The molecule has 0 aromatic heterocycles. The standard InChI is InChI=1S/C18H19NO4/c1-2-23-16-10-6-14(7-11-16)18(22)19-15-8-3-13(4-9-15)5-12-17(20)21/h3-4,6-11H,2,5,12H2,1H3,(H,19,22)(H,20,21). The number of carbonyl (C=O) groups excluding carboxylic acids is 1. The molecule has 23 heavy (non-hydrogen) atoms. The summed E-state index contributed by atoms with van der Waals surface area (Å²) in [5, 5.41) is 11.5. The summed E-state index contributed by atoms with van der Waals surface area (Å²) in [6.45, 7) is 2.49. The molecule has 0 bridgehead atoms. The van der Waals surface area contributed by atoms with Crippen molar-refractivity contribution in [2.45, 2.75) is 19.8 Å². The van der Waals surface area contributed by atoms with Crippen molar-refractivity contribution in [3.05, 3.63) is 59.7 Å². The Balaban J connectivity index is 1.95. The smallest absolute Gasteiger partial charge is 0.303 e. The topological polar surface area (TPSA) is 75.6 Å².